The van der Waals surface area contributed by atoms with Crippen LogP contribution in [0, 0.1) is 6.92 Å². The summed E-state index contributed by atoms with van der Waals surface area (Å²) in [7, 11) is 0. The maximum absolute atomic E-state index is 10.1. The van der Waals surface area contributed by atoms with Gasteiger partial charge in [-0.2, -0.15) is 0 Å². The van der Waals surface area contributed by atoms with E-state index in [9.17, 15) is 5.11 Å². The second-order valence-corrected chi connectivity index (χ2v) is 5.48. The Labute approximate surface area is 126 Å². The molecule has 0 aliphatic rings. The third-order valence-corrected chi connectivity index (χ3v) is 3.74. The lowest BCUT2D eigenvalue weighted by Crippen LogP contribution is -2.43. The first-order chi connectivity index (χ1) is 10.2. The standard InChI is InChI=1S/C18H24N2O/c1-14-7-5-6-10-16(14)12-20-13-18(21)17(19)11-15-8-3-2-4-9-15/h2-10,17-18,20-21H,11-13,19H2,1H3/t17?,18-/m0/s1. The molecule has 2 aromatic rings. The number of nitrogens with one attached hydrogen (secondary N) is 1. The predicted molar refractivity (Wildman–Crippen MR) is 87.0 cm³/mol. The Hall–Kier alpha value is -1.68. The van der Waals surface area contributed by atoms with Crippen molar-refractivity contribution in [2.75, 3.05) is 6.54 Å². The SMILES string of the molecule is Cc1ccccc1CNC[C@H](O)C(N)Cc1ccccc1. The molecule has 21 heavy (non-hydrogen) atoms. The minimum atomic E-state index is -0.547. The van der Waals surface area contributed by atoms with Gasteiger partial charge < -0.3 is 16.2 Å². The van der Waals surface area contributed by atoms with E-state index in [1.807, 2.05) is 42.5 Å². The normalized spacial score (nSPS) is 13.9. The van der Waals surface area contributed by atoms with E-state index < -0.39 is 6.10 Å². The summed E-state index contributed by atoms with van der Waals surface area (Å²) in [5, 5.41) is 13.4. The van der Waals surface area contributed by atoms with E-state index in [2.05, 4.69) is 24.4 Å². The number of aliphatic hydroxyl groups excluding tert-OH is 1. The highest BCUT2D eigenvalue weighted by Gasteiger charge is 2.14. The van der Waals surface area contributed by atoms with Crippen molar-refractivity contribution >= 4 is 0 Å². The largest absolute Gasteiger partial charge is 0.390 e. The van der Waals surface area contributed by atoms with Crippen molar-refractivity contribution in [2.45, 2.75) is 32.0 Å². The third-order valence-electron chi connectivity index (χ3n) is 3.74. The van der Waals surface area contributed by atoms with Crippen molar-refractivity contribution in [3.8, 4) is 0 Å². The highest BCUT2D eigenvalue weighted by molar-refractivity contribution is 5.25. The van der Waals surface area contributed by atoms with Gasteiger partial charge in [0.05, 0.1) is 6.10 Å². The second kappa shape index (κ2) is 7.93. The lowest BCUT2D eigenvalue weighted by atomic mass is 10.0. The smallest absolute Gasteiger partial charge is 0.0818 e. The molecule has 0 spiro atoms. The van der Waals surface area contributed by atoms with Gasteiger partial charge in [0, 0.05) is 19.1 Å². The van der Waals surface area contributed by atoms with Crippen molar-refractivity contribution in [3.05, 3.63) is 71.3 Å². The number of rotatable bonds is 7. The summed E-state index contributed by atoms with van der Waals surface area (Å²) in [6, 6.07) is 18.0. The van der Waals surface area contributed by atoms with Crippen LogP contribution in [0.3, 0.4) is 0 Å². The molecular formula is C18H24N2O. The number of benzene rings is 2. The molecule has 0 saturated carbocycles. The molecule has 4 N–H and O–H groups in total. The molecule has 2 aromatic carbocycles. The summed E-state index contributed by atoms with van der Waals surface area (Å²) in [6.45, 7) is 3.35. The fourth-order valence-electron chi connectivity index (χ4n) is 2.34. The summed E-state index contributed by atoms with van der Waals surface area (Å²) >= 11 is 0. The molecule has 0 aliphatic heterocycles. The monoisotopic (exact) mass is 284 g/mol. The summed E-state index contributed by atoms with van der Waals surface area (Å²) in [6.07, 6.45) is 0.142. The Balaban J connectivity index is 1.76. The van der Waals surface area contributed by atoms with Crippen LogP contribution in [0.1, 0.15) is 16.7 Å². The molecule has 0 bridgehead atoms. The van der Waals surface area contributed by atoms with E-state index in [-0.39, 0.29) is 6.04 Å². The van der Waals surface area contributed by atoms with Gasteiger partial charge in [0.15, 0.2) is 0 Å². The van der Waals surface area contributed by atoms with Crippen LogP contribution in [0.15, 0.2) is 54.6 Å². The zero-order valence-electron chi connectivity index (χ0n) is 12.5. The van der Waals surface area contributed by atoms with Gasteiger partial charge in [-0.05, 0) is 30.0 Å². The van der Waals surface area contributed by atoms with Gasteiger partial charge in [-0.1, -0.05) is 54.6 Å². The van der Waals surface area contributed by atoms with Crippen molar-refractivity contribution < 1.29 is 5.11 Å². The molecule has 0 saturated heterocycles. The molecule has 0 heterocycles. The molecule has 3 heteroatoms. The summed E-state index contributed by atoms with van der Waals surface area (Å²) < 4.78 is 0. The van der Waals surface area contributed by atoms with Gasteiger partial charge in [0.1, 0.15) is 0 Å². The Morgan fingerprint density at radius 1 is 1.05 bits per heavy atom. The van der Waals surface area contributed by atoms with Crippen LogP contribution in [-0.2, 0) is 13.0 Å². The Bertz CT molecular complexity index is 542. The van der Waals surface area contributed by atoms with Gasteiger partial charge in [0.25, 0.3) is 0 Å². The molecule has 2 rings (SSSR count). The van der Waals surface area contributed by atoms with Gasteiger partial charge in [-0.3, -0.25) is 0 Å². The van der Waals surface area contributed by atoms with E-state index in [1.54, 1.807) is 0 Å². The summed E-state index contributed by atoms with van der Waals surface area (Å²) in [4.78, 5) is 0. The fourth-order valence-corrected chi connectivity index (χ4v) is 2.34. The van der Waals surface area contributed by atoms with Crippen molar-refractivity contribution in [3.63, 3.8) is 0 Å². The molecular weight excluding hydrogens is 260 g/mol. The van der Waals surface area contributed by atoms with Crippen LogP contribution in [0.4, 0.5) is 0 Å². The molecule has 112 valence electrons. The number of hydrogen-bond acceptors (Lipinski definition) is 3. The first-order valence-corrected chi connectivity index (χ1v) is 7.39. The number of aryl methyl sites for hydroxylation is 1. The maximum atomic E-state index is 10.1. The molecule has 0 amide bonds. The average molecular weight is 284 g/mol. The quantitative estimate of drug-likeness (QED) is 0.729. The highest BCUT2D eigenvalue weighted by atomic mass is 16.3. The van der Waals surface area contributed by atoms with Crippen LogP contribution in [0.2, 0.25) is 0 Å². The molecule has 1 unspecified atom stereocenters. The maximum Gasteiger partial charge on any atom is 0.0818 e. The number of aliphatic hydroxyl groups is 1. The van der Waals surface area contributed by atoms with Crippen molar-refractivity contribution in [1.29, 1.82) is 0 Å². The molecule has 2 atom stereocenters. The van der Waals surface area contributed by atoms with Crippen LogP contribution in [0.5, 0.6) is 0 Å². The van der Waals surface area contributed by atoms with Gasteiger partial charge in [0.2, 0.25) is 0 Å². The predicted octanol–water partition coefficient (Wildman–Crippen LogP) is 2.02. The Morgan fingerprint density at radius 2 is 1.71 bits per heavy atom. The first-order valence-electron chi connectivity index (χ1n) is 7.39. The third kappa shape index (κ3) is 4.97. The molecule has 0 aromatic heterocycles. The minimum absolute atomic E-state index is 0.253. The minimum Gasteiger partial charge on any atom is -0.390 e. The number of hydrogen-bond donors (Lipinski definition) is 3. The zero-order valence-corrected chi connectivity index (χ0v) is 12.5. The van der Waals surface area contributed by atoms with Crippen LogP contribution in [-0.4, -0.2) is 23.8 Å². The lowest BCUT2D eigenvalue weighted by Gasteiger charge is -2.19. The van der Waals surface area contributed by atoms with Crippen molar-refractivity contribution in [1.82, 2.24) is 5.32 Å². The second-order valence-electron chi connectivity index (χ2n) is 5.48. The van der Waals surface area contributed by atoms with E-state index in [4.69, 9.17) is 5.73 Å². The van der Waals surface area contributed by atoms with Gasteiger partial charge in [-0.25, -0.2) is 0 Å². The topological polar surface area (TPSA) is 58.3 Å². The Kier molecular flexibility index (Phi) is 5.93. The van der Waals surface area contributed by atoms with E-state index in [0.717, 1.165) is 12.1 Å². The van der Waals surface area contributed by atoms with Crippen LogP contribution in [0.25, 0.3) is 0 Å². The van der Waals surface area contributed by atoms with Crippen LogP contribution >= 0.6 is 0 Å². The van der Waals surface area contributed by atoms with E-state index in [1.165, 1.54) is 11.1 Å². The molecule has 0 radical (unpaired) electrons. The molecule has 0 fully saturated rings. The first kappa shape index (κ1) is 15.7. The van der Waals surface area contributed by atoms with E-state index >= 15 is 0 Å². The highest BCUT2D eigenvalue weighted by Crippen LogP contribution is 2.07. The van der Waals surface area contributed by atoms with Crippen LogP contribution < -0.4 is 11.1 Å². The fraction of sp³-hybridized carbons (Fsp3) is 0.333. The molecule has 0 aliphatic carbocycles. The summed E-state index contributed by atoms with van der Waals surface area (Å²) in [5.74, 6) is 0. The average Bonchev–Trinajstić information content (AvgIpc) is 2.50. The van der Waals surface area contributed by atoms with Gasteiger partial charge in [-0.15, -0.1) is 0 Å². The van der Waals surface area contributed by atoms with Crippen molar-refractivity contribution in [2.24, 2.45) is 5.73 Å². The van der Waals surface area contributed by atoms with Gasteiger partial charge >= 0.3 is 0 Å². The Morgan fingerprint density at radius 3 is 2.43 bits per heavy atom. The van der Waals surface area contributed by atoms with E-state index in [0.29, 0.717) is 13.0 Å². The molecule has 3 nitrogen and oxygen atoms in total. The summed E-state index contributed by atoms with van der Waals surface area (Å²) in [5.41, 5.74) is 9.73. The lowest BCUT2D eigenvalue weighted by molar-refractivity contribution is 0.141. The number of nitrogens with two attached hydrogens (primary N) is 1. The zero-order chi connectivity index (χ0) is 15.1.